The molecule has 0 unspecified atom stereocenters. The number of para-hydroxylation sites is 1. The first kappa shape index (κ1) is 15.2. The molecule has 2 rings (SSSR count). The molecule has 1 N–H and O–H groups in total. The van der Waals surface area contributed by atoms with Crippen molar-refractivity contribution in [1.82, 2.24) is 5.32 Å². The molecule has 0 atom stereocenters. The summed E-state index contributed by atoms with van der Waals surface area (Å²) in [5.41, 5.74) is 1.63. The average molecular weight is 291 g/mol. The maximum absolute atomic E-state index is 4.61. The highest BCUT2D eigenvalue weighted by atomic mass is 32.2. The fraction of sp³-hybridized carbons (Fsp3) is 0.562. The molecule has 0 amide bonds. The lowest BCUT2D eigenvalue weighted by atomic mass is 9.97. The van der Waals surface area contributed by atoms with Gasteiger partial charge in [0.05, 0.1) is 0 Å². The number of nitrogens with zero attached hydrogens (tertiary/aromatic N) is 2. The molecule has 0 fully saturated rings. The Morgan fingerprint density at radius 2 is 2.05 bits per heavy atom. The minimum atomic E-state index is 0.351. The van der Waals surface area contributed by atoms with Crippen molar-refractivity contribution in [2.24, 2.45) is 10.4 Å². The van der Waals surface area contributed by atoms with Crippen molar-refractivity contribution in [3.8, 4) is 0 Å². The third kappa shape index (κ3) is 4.75. The fourth-order valence-electron chi connectivity index (χ4n) is 2.07. The number of amidine groups is 1. The van der Waals surface area contributed by atoms with E-state index in [0.29, 0.717) is 5.41 Å². The van der Waals surface area contributed by atoms with Crippen molar-refractivity contribution in [3.63, 3.8) is 0 Å². The van der Waals surface area contributed by atoms with Crippen molar-refractivity contribution in [1.29, 1.82) is 0 Å². The number of aliphatic imine (C=N–C) groups is 1. The van der Waals surface area contributed by atoms with Gasteiger partial charge in [0, 0.05) is 38.1 Å². The molecule has 3 nitrogen and oxygen atoms in total. The standard InChI is InChI=1S/C16H25N3S/c1-16(2)12-18-15(20-13-16)17-10-7-11-19(3)14-8-5-4-6-9-14/h4-6,8-9H,7,10-13H2,1-3H3,(H,17,18). The first-order valence-corrected chi connectivity index (χ1v) is 8.23. The van der Waals surface area contributed by atoms with Crippen molar-refractivity contribution in [3.05, 3.63) is 30.3 Å². The summed E-state index contributed by atoms with van der Waals surface area (Å²) in [6.45, 7) is 7.53. The zero-order valence-corrected chi connectivity index (χ0v) is 13.5. The highest BCUT2D eigenvalue weighted by molar-refractivity contribution is 8.13. The van der Waals surface area contributed by atoms with E-state index in [0.717, 1.165) is 37.0 Å². The largest absolute Gasteiger partial charge is 0.375 e. The van der Waals surface area contributed by atoms with E-state index in [9.17, 15) is 0 Å². The van der Waals surface area contributed by atoms with Crippen LogP contribution in [0.15, 0.2) is 35.3 Å². The van der Waals surface area contributed by atoms with Crippen LogP contribution in [0.1, 0.15) is 20.3 Å². The van der Waals surface area contributed by atoms with E-state index in [1.54, 1.807) is 0 Å². The highest BCUT2D eigenvalue weighted by Gasteiger charge is 2.22. The van der Waals surface area contributed by atoms with Crippen LogP contribution in [0.3, 0.4) is 0 Å². The summed E-state index contributed by atoms with van der Waals surface area (Å²) in [7, 11) is 2.14. The molecule has 0 spiro atoms. The molecule has 1 aliphatic rings. The van der Waals surface area contributed by atoms with Crippen LogP contribution < -0.4 is 10.2 Å². The van der Waals surface area contributed by atoms with Gasteiger partial charge in [-0.3, -0.25) is 4.99 Å². The second-order valence-corrected chi connectivity index (χ2v) is 7.08. The third-order valence-electron chi connectivity index (χ3n) is 3.39. The minimum absolute atomic E-state index is 0.351. The van der Waals surface area contributed by atoms with Crippen molar-refractivity contribution in [2.45, 2.75) is 20.3 Å². The van der Waals surface area contributed by atoms with E-state index < -0.39 is 0 Å². The maximum Gasteiger partial charge on any atom is 0.156 e. The van der Waals surface area contributed by atoms with Crippen molar-refractivity contribution < 1.29 is 0 Å². The number of rotatable bonds is 5. The number of benzene rings is 1. The molecule has 20 heavy (non-hydrogen) atoms. The summed E-state index contributed by atoms with van der Waals surface area (Å²) in [5, 5.41) is 4.57. The van der Waals surface area contributed by atoms with Crippen LogP contribution in [-0.2, 0) is 0 Å². The van der Waals surface area contributed by atoms with Crippen LogP contribution in [0.25, 0.3) is 0 Å². The van der Waals surface area contributed by atoms with Gasteiger partial charge in [0.25, 0.3) is 0 Å². The lowest BCUT2D eigenvalue weighted by molar-refractivity contribution is 0.436. The number of thioether (sulfide) groups is 1. The molecule has 0 aliphatic carbocycles. The Hall–Kier alpha value is -1.16. The van der Waals surface area contributed by atoms with E-state index in [1.807, 2.05) is 11.8 Å². The van der Waals surface area contributed by atoms with Gasteiger partial charge in [-0.15, -0.1) is 0 Å². The molecular formula is C16H25N3S. The van der Waals surface area contributed by atoms with E-state index in [4.69, 9.17) is 0 Å². The van der Waals surface area contributed by atoms with Crippen LogP contribution in [-0.4, -0.2) is 37.6 Å². The Morgan fingerprint density at radius 3 is 2.70 bits per heavy atom. The summed E-state index contributed by atoms with van der Waals surface area (Å²) < 4.78 is 0. The van der Waals surface area contributed by atoms with Gasteiger partial charge in [-0.25, -0.2) is 0 Å². The van der Waals surface area contributed by atoms with Crippen LogP contribution in [0, 0.1) is 5.41 Å². The van der Waals surface area contributed by atoms with Crippen LogP contribution in [0.5, 0.6) is 0 Å². The van der Waals surface area contributed by atoms with Gasteiger partial charge in [-0.05, 0) is 24.0 Å². The van der Waals surface area contributed by atoms with Gasteiger partial charge in [0.15, 0.2) is 5.17 Å². The second kappa shape index (κ2) is 7.02. The lowest BCUT2D eigenvalue weighted by Crippen LogP contribution is -2.32. The summed E-state index contributed by atoms with van der Waals surface area (Å²) in [5.74, 6) is 1.16. The first-order valence-electron chi connectivity index (χ1n) is 7.24. The molecule has 0 radical (unpaired) electrons. The molecule has 0 saturated heterocycles. The number of nitrogens with one attached hydrogen (secondary N) is 1. The smallest absolute Gasteiger partial charge is 0.156 e. The maximum atomic E-state index is 4.61. The van der Waals surface area contributed by atoms with Crippen LogP contribution >= 0.6 is 11.8 Å². The first-order chi connectivity index (χ1) is 9.57. The zero-order chi connectivity index (χ0) is 14.4. The Bertz CT molecular complexity index is 442. The SMILES string of the molecule is CN(CCCNC1=NCC(C)(C)CS1)c1ccccc1. The van der Waals surface area contributed by atoms with E-state index in [2.05, 4.69) is 66.4 Å². The monoisotopic (exact) mass is 291 g/mol. The number of hydrogen-bond donors (Lipinski definition) is 1. The Labute approximate surface area is 126 Å². The second-order valence-electron chi connectivity index (χ2n) is 6.11. The highest BCUT2D eigenvalue weighted by Crippen LogP contribution is 2.26. The predicted octanol–water partition coefficient (Wildman–Crippen LogP) is 3.23. The normalized spacial score (nSPS) is 17.4. The molecule has 0 bridgehead atoms. The Balaban J connectivity index is 1.66. The Morgan fingerprint density at radius 1 is 1.30 bits per heavy atom. The van der Waals surface area contributed by atoms with E-state index >= 15 is 0 Å². The summed E-state index contributed by atoms with van der Waals surface area (Å²) in [6.07, 6.45) is 1.12. The topological polar surface area (TPSA) is 27.6 Å². The van der Waals surface area contributed by atoms with Gasteiger partial charge in [0.2, 0.25) is 0 Å². The summed E-state index contributed by atoms with van der Waals surface area (Å²) >= 11 is 1.85. The number of anilines is 1. The molecule has 4 heteroatoms. The van der Waals surface area contributed by atoms with Crippen molar-refractivity contribution >= 4 is 22.6 Å². The van der Waals surface area contributed by atoms with E-state index in [-0.39, 0.29) is 0 Å². The fourth-order valence-corrected chi connectivity index (χ4v) is 3.05. The van der Waals surface area contributed by atoms with Gasteiger partial charge in [-0.2, -0.15) is 0 Å². The molecule has 1 heterocycles. The molecule has 1 aromatic rings. The summed E-state index contributed by atoms with van der Waals surface area (Å²) in [6, 6.07) is 10.5. The summed E-state index contributed by atoms with van der Waals surface area (Å²) in [4.78, 5) is 6.90. The minimum Gasteiger partial charge on any atom is -0.375 e. The third-order valence-corrected chi connectivity index (χ3v) is 4.87. The molecule has 1 aromatic carbocycles. The zero-order valence-electron chi connectivity index (χ0n) is 12.7. The molecule has 110 valence electrons. The molecule has 1 aliphatic heterocycles. The van der Waals surface area contributed by atoms with Gasteiger partial charge in [-0.1, -0.05) is 43.8 Å². The molecule has 0 saturated carbocycles. The quantitative estimate of drug-likeness (QED) is 0.844. The molecular weight excluding hydrogens is 266 g/mol. The van der Waals surface area contributed by atoms with Crippen LogP contribution in [0.2, 0.25) is 0 Å². The van der Waals surface area contributed by atoms with Gasteiger partial charge >= 0.3 is 0 Å². The van der Waals surface area contributed by atoms with Crippen LogP contribution in [0.4, 0.5) is 5.69 Å². The van der Waals surface area contributed by atoms with Gasteiger partial charge < -0.3 is 10.2 Å². The lowest BCUT2D eigenvalue weighted by Gasteiger charge is -2.27. The average Bonchev–Trinajstić information content (AvgIpc) is 2.46. The Kier molecular flexibility index (Phi) is 5.35. The molecule has 0 aromatic heterocycles. The number of hydrogen-bond acceptors (Lipinski definition) is 4. The van der Waals surface area contributed by atoms with Crippen molar-refractivity contribution in [2.75, 3.05) is 37.3 Å². The van der Waals surface area contributed by atoms with Gasteiger partial charge in [0.1, 0.15) is 0 Å². The predicted molar refractivity (Wildman–Crippen MR) is 90.9 cm³/mol. The van der Waals surface area contributed by atoms with E-state index in [1.165, 1.54) is 5.69 Å².